The molecule has 2 aromatic heterocycles. The molecule has 0 bridgehead atoms. The van der Waals surface area contributed by atoms with E-state index in [1.165, 1.54) is 43.5 Å². The maximum atomic E-state index is 13.3. The molecule has 1 unspecified atom stereocenters. The lowest BCUT2D eigenvalue weighted by Crippen LogP contribution is -2.41. The summed E-state index contributed by atoms with van der Waals surface area (Å²) in [4.78, 5) is 17.7. The molecule has 4 rings (SSSR count). The van der Waals surface area contributed by atoms with Gasteiger partial charge >= 0.3 is 0 Å². The van der Waals surface area contributed by atoms with E-state index in [-0.39, 0.29) is 5.91 Å². The van der Waals surface area contributed by atoms with Crippen LogP contribution in [-0.4, -0.2) is 51.7 Å². The van der Waals surface area contributed by atoms with Crippen LogP contribution in [0.4, 0.5) is 0 Å². The lowest BCUT2D eigenvalue weighted by molar-refractivity contribution is 0.0776. The Kier molecular flexibility index (Phi) is 6.09. The molecule has 0 aliphatic heterocycles. The second kappa shape index (κ2) is 8.74. The first-order valence-electron chi connectivity index (χ1n) is 11.2. The Bertz CT molecular complexity index is 822. The zero-order valence-corrected chi connectivity index (χ0v) is 18.1. The Morgan fingerprint density at radius 3 is 2.79 bits per heavy atom. The highest BCUT2D eigenvalue weighted by Gasteiger charge is 2.34. The second-order valence-corrected chi connectivity index (χ2v) is 8.72. The smallest absolute Gasteiger partial charge is 0.274 e. The van der Waals surface area contributed by atoms with Crippen LogP contribution in [0.5, 0.6) is 0 Å². The van der Waals surface area contributed by atoms with Crippen molar-refractivity contribution < 1.29 is 9.21 Å². The van der Waals surface area contributed by atoms with Crippen LogP contribution in [0.1, 0.15) is 66.8 Å². The minimum Gasteiger partial charge on any atom is -0.472 e. The normalized spacial score (nSPS) is 18.8. The Hall–Kier alpha value is -2.08. The predicted octanol–water partition coefficient (Wildman–Crippen LogP) is 3.75. The Morgan fingerprint density at radius 2 is 2.14 bits per heavy atom. The van der Waals surface area contributed by atoms with Crippen LogP contribution >= 0.6 is 0 Å². The van der Waals surface area contributed by atoms with Crippen molar-refractivity contribution in [3.8, 4) is 0 Å². The van der Waals surface area contributed by atoms with E-state index in [0.717, 1.165) is 37.4 Å². The summed E-state index contributed by atoms with van der Waals surface area (Å²) < 4.78 is 7.20. The van der Waals surface area contributed by atoms with Crippen LogP contribution in [0.25, 0.3) is 0 Å². The van der Waals surface area contributed by atoms with Crippen molar-refractivity contribution in [3.05, 3.63) is 41.1 Å². The molecule has 6 nitrogen and oxygen atoms in total. The van der Waals surface area contributed by atoms with E-state index >= 15 is 0 Å². The van der Waals surface area contributed by atoms with Gasteiger partial charge in [0.15, 0.2) is 5.69 Å². The van der Waals surface area contributed by atoms with Crippen molar-refractivity contribution >= 4 is 5.91 Å². The summed E-state index contributed by atoms with van der Waals surface area (Å²) in [5, 5.41) is 4.76. The summed E-state index contributed by atoms with van der Waals surface area (Å²) in [5.41, 5.74) is 4.11. The molecule has 158 valence electrons. The lowest BCUT2D eigenvalue weighted by atomic mass is 9.89. The number of carbonyl (C=O) groups is 1. The van der Waals surface area contributed by atoms with E-state index in [2.05, 4.69) is 23.4 Å². The van der Waals surface area contributed by atoms with Crippen LogP contribution in [0, 0.1) is 5.92 Å². The fraction of sp³-hybridized carbons (Fsp3) is 0.652. The van der Waals surface area contributed by atoms with Crippen LogP contribution in [0.15, 0.2) is 23.0 Å². The number of furan rings is 1. The molecule has 0 N–H and O–H groups in total. The van der Waals surface area contributed by atoms with E-state index in [9.17, 15) is 4.79 Å². The van der Waals surface area contributed by atoms with E-state index in [1.54, 1.807) is 17.4 Å². The van der Waals surface area contributed by atoms with Crippen LogP contribution in [0.2, 0.25) is 0 Å². The summed E-state index contributed by atoms with van der Waals surface area (Å²) in [7, 11) is 1.85. The highest BCUT2D eigenvalue weighted by Crippen LogP contribution is 2.33. The van der Waals surface area contributed by atoms with Crippen molar-refractivity contribution in [3.63, 3.8) is 0 Å². The first-order chi connectivity index (χ1) is 14.1. The Balaban J connectivity index is 1.55. The highest BCUT2D eigenvalue weighted by atomic mass is 16.3. The fourth-order valence-electron chi connectivity index (χ4n) is 4.67. The number of hydrogen-bond donors (Lipinski definition) is 0. The van der Waals surface area contributed by atoms with Gasteiger partial charge in [-0.2, -0.15) is 5.10 Å². The van der Waals surface area contributed by atoms with E-state index < -0.39 is 0 Å². The number of carbonyl (C=O) groups excluding carboxylic acids is 1. The molecule has 1 saturated carbocycles. The van der Waals surface area contributed by atoms with Crippen molar-refractivity contribution in [2.75, 3.05) is 20.1 Å². The summed E-state index contributed by atoms with van der Waals surface area (Å²) in [6.07, 6.45) is 10.4. The van der Waals surface area contributed by atoms with Crippen LogP contribution in [-0.2, 0) is 25.9 Å². The summed E-state index contributed by atoms with van der Waals surface area (Å²) in [6, 6.07) is 2.43. The summed E-state index contributed by atoms with van der Waals surface area (Å²) in [6.45, 7) is 8.10. The third-order valence-corrected chi connectivity index (χ3v) is 6.39. The molecule has 1 amide bonds. The van der Waals surface area contributed by atoms with Gasteiger partial charge in [-0.15, -0.1) is 0 Å². The standard InChI is InChI=1S/C23H34N4O2/c1-4-11-26(15-17-6-7-17)19-8-9-21-20(13-19)22(24-27(21)5-2)23(28)25(3)14-18-10-12-29-16-18/h10,12,16-17,19H,4-9,11,13-15H2,1-3H3. The predicted molar refractivity (Wildman–Crippen MR) is 113 cm³/mol. The molecular formula is C23H34N4O2. The highest BCUT2D eigenvalue weighted by molar-refractivity contribution is 5.94. The molecule has 1 fully saturated rings. The van der Waals surface area contributed by atoms with Gasteiger partial charge < -0.3 is 9.32 Å². The first-order valence-corrected chi connectivity index (χ1v) is 11.2. The lowest BCUT2D eigenvalue weighted by Gasteiger charge is -2.34. The van der Waals surface area contributed by atoms with Gasteiger partial charge in [0.2, 0.25) is 0 Å². The minimum atomic E-state index is 0.0135. The van der Waals surface area contributed by atoms with Gasteiger partial charge in [0, 0.05) is 49.5 Å². The molecule has 6 heteroatoms. The third kappa shape index (κ3) is 4.42. The SMILES string of the molecule is CCCN(CC1CC1)C1CCc2c(c(C(=O)N(C)Cc3ccoc3)nn2CC)C1. The molecule has 1 atom stereocenters. The van der Waals surface area contributed by atoms with Crippen molar-refractivity contribution in [2.45, 2.75) is 71.5 Å². The molecule has 2 heterocycles. The van der Waals surface area contributed by atoms with Gasteiger partial charge in [-0.3, -0.25) is 14.4 Å². The number of nitrogens with zero attached hydrogens (tertiary/aromatic N) is 4. The monoisotopic (exact) mass is 398 g/mol. The Morgan fingerprint density at radius 1 is 1.31 bits per heavy atom. The molecule has 2 aromatic rings. The van der Waals surface area contributed by atoms with Gasteiger partial charge in [-0.25, -0.2) is 0 Å². The van der Waals surface area contributed by atoms with Gasteiger partial charge in [0.05, 0.1) is 12.5 Å². The van der Waals surface area contributed by atoms with E-state index in [4.69, 9.17) is 9.52 Å². The van der Waals surface area contributed by atoms with Crippen molar-refractivity contribution in [1.82, 2.24) is 19.6 Å². The number of rotatable bonds is 9. The number of aromatic nitrogens is 2. The molecular weight excluding hydrogens is 364 g/mol. The minimum absolute atomic E-state index is 0.0135. The maximum absolute atomic E-state index is 13.3. The van der Waals surface area contributed by atoms with Crippen molar-refractivity contribution in [2.24, 2.45) is 5.92 Å². The van der Waals surface area contributed by atoms with Gasteiger partial charge in [0.25, 0.3) is 5.91 Å². The molecule has 0 spiro atoms. The molecule has 0 radical (unpaired) electrons. The largest absolute Gasteiger partial charge is 0.472 e. The number of fused-ring (bicyclic) bond motifs is 1. The molecule has 29 heavy (non-hydrogen) atoms. The third-order valence-electron chi connectivity index (χ3n) is 6.39. The number of aryl methyl sites for hydroxylation is 1. The molecule has 2 aliphatic rings. The van der Waals surface area contributed by atoms with Gasteiger partial charge in [-0.1, -0.05) is 6.92 Å². The van der Waals surface area contributed by atoms with Gasteiger partial charge in [0.1, 0.15) is 0 Å². The van der Waals surface area contributed by atoms with Gasteiger partial charge in [-0.05, 0) is 64.0 Å². The van der Waals surface area contributed by atoms with E-state index in [0.29, 0.717) is 18.3 Å². The molecule has 0 saturated heterocycles. The average molecular weight is 399 g/mol. The van der Waals surface area contributed by atoms with Crippen LogP contribution in [0.3, 0.4) is 0 Å². The fourth-order valence-corrected chi connectivity index (χ4v) is 4.67. The zero-order valence-electron chi connectivity index (χ0n) is 18.1. The first kappa shape index (κ1) is 20.2. The summed E-state index contributed by atoms with van der Waals surface area (Å²) in [5.74, 6) is 0.906. The van der Waals surface area contributed by atoms with E-state index in [1.807, 2.05) is 13.1 Å². The zero-order chi connectivity index (χ0) is 20.4. The topological polar surface area (TPSA) is 54.5 Å². The van der Waals surface area contributed by atoms with Crippen LogP contribution < -0.4 is 0 Å². The second-order valence-electron chi connectivity index (χ2n) is 8.72. The quantitative estimate of drug-likeness (QED) is 0.646. The average Bonchev–Trinajstić information content (AvgIpc) is 3.25. The Labute approximate surface area is 173 Å². The molecule has 0 aromatic carbocycles. The maximum Gasteiger partial charge on any atom is 0.274 e. The number of amides is 1. The summed E-state index contributed by atoms with van der Waals surface area (Å²) >= 11 is 0. The molecule has 2 aliphatic carbocycles. The number of hydrogen-bond acceptors (Lipinski definition) is 4. The van der Waals surface area contributed by atoms with Crippen molar-refractivity contribution in [1.29, 1.82) is 0 Å².